The maximum atomic E-state index is 13.3. The minimum Gasteiger partial charge on any atom is -0.494 e. The molecule has 94 valence electrons. The third-order valence-electron chi connectivity index (χ3n) is 2.46. The van der Waals surface area contributed by atoms with Crippen LogP contribution >= 0.6 is 0 Å². The van der Waals surface area contributed by atoms with E-state index in [1.807, 2.05) is 20.8 Å². The average molecular weight is 237 g/mol. The lowest BCUT2D eigenvalue weighted by atomic mass is 10.0. The minimum atomic E-state index is -0.330. The first-order valence-electron chi connectivity index (χ1n) is 5.80. The van der Waals surface area contributed by atoms with Gasteiger partial charge >= 0.3 is 0 Å². The number of benzene rings is 1. The third-order valence-corrected chi connectivity index (χ3v) is 2.46. The summed E-state index contributed by atoms with van der Waals surface area (Å²) in [6.07, 6.45) is 2.12. The maximum Gasteiger partial charge on any atom is 0.165 e. The lowest BCUT2D eigenvalue weighted by Gasteiger charge is -2.16. The zero-order chi connectivity index (χ0) is 12.8. The zero-order valence-electron chi connectivity index (χ0n) is 10.9. The van der Waals surface area contributed by atoms with E-state index >= 15 is 0 Å². The molecule has 0 fully saturated rings. The van der Waals surface area contributed by atoms with Crippen molar-refractivity contribution < 1.29 is 9.13 Å². The predicted molar refractivity (Wildman–Crippen MR) is 68.8 cm³/mol. The predicted octanol–water partition coefficient (Wildman–Crippen LogP) is 3.45. The van der Waals surface area contributed by atoms with E-state index in [9.17, 15) is 4.39 Å². The van der Waals surface area contributed by atoms with Gasteiger partial charge in [0.15, 0.2) is 11.6 Å². The molecule has 0 radical (unpaired) electrons. The molecule has 0 saturated heterocycles. The number of allylic oxidation sites excluding steroid dienone is 1. The maximum absolute atomic E-state index is 13.3. The molecule has 0 spiro atoms. The Hall–Kier alpha value is -1.35. The van der Waals surface area contributed by atoms with E-state index in [1.165, 1.54) is 18.7 Å². The summed E-state index contributed by atoms with van der Waals surface area (Å²) in [6.45, 7) is 7.00. The second-order valence-corrected chi connectivity index (χ2v) is 4.17. The van der Waals surface area contributed by atoms with Gasteiger partial charge in [-0.3, -0.25) is 0 Å². The summed E-state index contributed by atoms with van der Waals surface area (Å²) >= 11 is 0. The van der Waals surface area contributed by atoms with Crippen molar-refractivity contribution in [1.29, 1.82) is 0 Å². The monoisotopic (exact) mass is 237 g/mol. The average Bonchev–Trinajstić information content (AvgIpc) is 2.28. The highest BCUT2D eigenvalue weighted by Crippen LogP contribution is 2.24. The van der Waals surface area contributed by atoms with Crippen LogP contribution < -0.4 is 10.1 Å². The van der Waals surface area contributed by atoms with Gasteiger partial charge in [0.25, 0.3) is 0 Å². The smallest absolute Gasteiger partial charge is 0.165 e. The third kappa shape index (κ3) is 3.86. The number of nitrogens with one attached hydrogen (secondary N) is 1. The SMILES string of the molecule is CCNC(C=C(C)C)c1ccc(F)c(OC)c1. The van der Waals surface area contributed by atoms with Gasteiger partial charge in [-0.05, 0) is 38.1 Å². The molecule has 2 nitrogen and oxygen atoms in total. The molecule has 0 aliphatic rings. The topological polar surface area (TPSA) is 21.3 Å². The summed E-state index contributed by atoms with van der Waals surface area (Å²) in [6, 6.07) is 5.06. The van der Waals surface area contributed by atoms with Crippen LogP contribution in [0.2, 0.25) is 0 Å². The van der Waals surface area contributed by atoms with Crippen molar-refractivity contribution in [2.24, 2.45) is 0 Å². The van der Waals surface area contributed by atoms with Crippen LogP contribution in [0.25, 0.3) is 0 Å². The summed E-state index contributed by atoms with van der Waals surface area (Å²) in [5.74, 6) is -0.0451. The fourth-order valence-electron chi connectivity index (χ4n) is 1.70. The zero-order valence-corrected chi connectivity index (χ0v) is 10.9. The molecule has 1 unspecified atom stereocenters. The van der Waals surface area contributed by atoms with Crippen molar-refractivity contribution in [3.8, 4) is 5.75 Å². The molecule has 0 heterocycles. The second kappa shape index (κ2) is 6.40. The van der Waals surface area contributed by atoms with Crippen LogP contribution in [-0.2, 0) is 0 Å². The van der Waals surface area contributed by atoms with Gasteiger partial charge in [-0.15, -0.1) is 0 Å². The number of ether oxygens (including phenoxy) is 1. The van der Waals surface area contributed by atoms with Crippen molar-refractivity contribution >= 4 is 0 Å². The summed E-state index contributed by atoms with van der Waals surface area (Å²) in [7, 11) is 1.48. The van der Waals surface area contributed by atoms with E-state index in [0.29, 0.717) is 0 Å². The molecule has 3 heteroatoms. The highest BCUT2D eigenvalue weighted by molar-refractivity contribution is 5.34. The number of methoxy groups -OCH3 is 1. The Labute approximate surface area is 102 Å². The van der Waals surface area contributed by atoms with Crippen molar-refractivity contribution in [2.75, 3.05) is 13.7 Å². The molecule has 0 bridgehead atoms. The van der Waals surface area contributed by atoms with Gasteiger partial charge in [0.05, 0.1) is 13.2 Å². The van der Waals surface area contributed by atoms with Gasteiger partial charge in [0.2, 0.25) is 0 Å². The molecule has 1 aromatic carbocycles. The Morgan fingerprint density at radius 3 is 2.71 bits per heavy atom. The fraction of sp³-hybridized carbons (Fsp3) is 0.429. The number of hydrogen-bond donors (Lipinski definition) is 1. The van der Waals surface area contributed by atoms with Crippen LogP contribution in [0.1, 0.15) is 32.4 Å². The molecule has 0 aromatic heterocycles. The van der Waals surface area contributed by atoms with Crippen LogP contribution in [0.3, 0.4) is 0 Å². The van der Waals surface area contributed by atoms with Crippen LogP contribution in [0.15, 0.2) is 29.8 Å². The summed E-state index contributed by atoms with van der Waals surface area (Å²) in [4.78, 5) is 0. The van der Waals surface area contributed by atoms with Crippen LogP contribution in [0, 0.1) is 5.82 Å². The number of halogens is 1. The molecule has 0 saturated carbocycles. The van der Waals surface area contributed by atoms with Crippen LogP contribution in [0.4, 0.5) is 4.39 Å². The van der Waals surface area contributed by atoms with Crippen molar-refractivity contribution in [3.05, 3.63) is 41.2 Å². The van der Waals surface area contributed by atoms with Gasteiger partial charge in [-0.25, -0.2) is 4.39 Å². The minimum absolute atomic E-state index is 0.0968. The summed E-state index contributed by atoms with van der Waals surface area (Å²) in [5, 5.41) is 3.35. The van der Waals surface area contributed by atoms with E-state index in [-0.39, 0.29) is 17.6 Å². The molecule has 0 amide bonds. The lowest BCUT2D eigenvalue weighted by molar-refractivity contribution is 0.385. The van der Waals surface area contributed by atoms with Gasteiger partial charge in [0, 0.05) is 0 Å². The van der Waals surface area contributed by atoms with Crippen LogP contribution in [-0.4, -0.2) is 13.7 Å². The molecular weight excluding hydrogens is 217 g/mol. The van der Waals surface area contributed by atoms with E-state index in [0.717, 1.165) is 12.1 Å². The molecular formula is C14H20FNO. The molecule has 1 N–H and O–H groups in total. The van der Waals surface area contributed by atoms with Crippen LogP contribution in [0.5, 0.6) is 5.75 Å². The van der Waals surface area contributed by atoms with Crippen molar-refractivity contribution in [2.45, 2.75) is 26.8 Å². The molecule has 0 aliphatic carbocycles. The van der Waals surface area contributed by atoms with Crippen molar-refractivity contribution in [3.63, 3.8) is 0 Å². The van der Waals surface area contributed by atoms with E-state index < -0.39 is 0 Å². The van der Waals surface area contributed by atoms with Gasteiger partial charge in [0.1, 0.15) is 0 Å². The van der Waals surface area contributed by atoms with Gasteiger partial charge < -0.3 is 10.1 Å². The molecule has 1 aromatic rings. The molecule has 17 heavy (non-hydrogen) atoms. The number of hydrogen-bond acceptors (Lipinski definition) is 2. The normalized spacial score (nSPS) is 12.1. The largest absolute Gasteiger partial charge is 0.494 e. The Morgan fingerprint density at radius 2 is 2.18 bits per heavy atom. The number of rotatable bonds is 5. The summed E-state index contributed by atoms with van der Waals surface area (Å²) < 4.78 is 18.3. The Kier molecular flexibility index (Phi) is 5.16. The molecule has 1 rings (SSSR count). The van der Waals surface area contributed by atoms with Gasteiger partial charge in [-0.2, -0.15) is 0 Å². The lowest BCUT2D eigenvalue weighted by Crippen LogP contribution is -2.19. The van der Waals surface area contributed by atoms with Crippen molar-refractivity contribution in [1.82, 2.24) is 5.32 Å². The van der Waals surface area contributed by atoms with Gasteiger partial charge in [-0.1, -0.05) is 24.6 Å². The summed E-state index contributed by atoms with van der Waals surface area (Å²) in [5.41, 5.74) is 2.23. The second-order valence-electron chi connectivity index (χ2n) is 4.17. The first-order chi connectivity index (χ1) is 8.08. The Balaban J connectivity index is 3.05. The first-order valence-corrected chi connectivity index (χ1v) is 5.80. The molecule has 1 atom stereocenters. The van der Waals surface area contributed by atoms with E-state index in [2.05, 4.69) is 11.4 Å². The first kappa shape index (κ1) is 13.7. The quantitative estimate of drug-likeness (QED) is 0.792. The highest BCUT2D eigenvalue weighted by Gasteiger charge is 2.10. The standard InChI is InChI=1S/C14H20FNO/c1-5-16-13(8-10(2)3)11-6-7-12(15)14(9-11)17-4/h6-9,13,16H,5H2,1-4H3. The van der Waals surface area contributed by atoms with E-state index in [1.54, 1.807) is 12.1 Å². The highest BCUT2D eigenvalue weighted by atomic mass is 19.1. The molecule has 0 aliphatic heterocycles. The van der Waals surface area contributed by atoms with E-state index in [4.69, 9.17) is 4.74 Å². The Bertz CT molecular complexity index is 397. The number of likely N-dealkylation sites (N-methyl/N-ethyl adjacent to an activating group) is 1. The Morgan fingerprint density at radius 1 is 1.47 bits per heavy atom. The fourth-order valence-corrected chi connectivity index (χ4v) is 1.70.